The van der Waals surface area contributed by atoms with E-state index in [1.54, 1.807) is 0 Å². The minimum Gasteiger partial charge on any atom is -0.475 e. The normalized spacial score (nSPS) is 13.7. The zero-order valence-corrected chi connectivity index (χ0v) is 17.0. The van der Waals surface area contributed by atoms with E-state index in [2.05, 4.69) is 10.6 Å². The van der Waals surface area contributed by atoms with E-state index in [1.165, 1.54) is 13.8 Å². The fourth-order valence-electron chi connectivity index (χ4n) is 1.90. The molecule has 0 radical (unpaired) electrons. The first-order valence-electron chi connectivity index (χ1n) is 8.58. The number of halogens is 4. The molecular formula is C18H23ClF3N3O5. The van der Waals surface area contributed by atoms with Crippen LogP contribution in [0.4, 0.5) is 13.2 Å². The predicted molar refractivity (Wildman–Crippen MR) is 103 cm³/mol. The second kappa shape index (κ2) is 12.8. The third kappa shape index (κ3) is 10.8. The summed E-state index contributed by atoms with van der Waals surface area (Å²) in [5.41, 5.74) is 6.35. The average Bonchev–Trinajstić information content (AvgIpc) is 2.67. The van der Waals surface area contributed by atoms with Gasteiger partial charge in [0, 0.05) is 0 Å². The molecule has 0 aliphatic heterocycles. The number of amides is 2. The van der Waals surface area contributed by atoms with Gasteiger partial charge in [-0.15, -0.1) is 11.6 Å². The minimum atomic E-state index is -5.08. The molecule has 0 bridgehead atoms. The first kappa shape index (κ1) is 27.3. The lowest BCUT2D eigenvalue weighted by Gasteiger charge is -2.21. The van der Waals surface area contributed by atoms with Crippen molar-refractivity contribution in [2.45, 2.75) is 44.6 Å². The van der Waals surface area contributed by atoms with Crippen molar-refractivity contribution in [1.82, 2.24) is 10.6 Å². The Kier molecular flexibility index (Phi) is 11.7. The monoisotopic (exact) mass is 453 g/mol. The Hall–Kier alpha value is -2.66. The van der Waals surface area contributed by atoms with Crippen LogP contribution in [0.2, 0.25) is 0 Å². The third-order valence-corrected chi connectivity index (χ3v) is 3.79. The molecule has 1 rings (SSSR count). The topological polar surface area (TPSA) is 139 Å². The molecule has 0 aromatic heterocycles. The number of hydrogen-bond donors (Lipinski definition) is 4. The van der Waals surface area contributed by atoms with Crippen LogP contribution in [-0.4, -0.2) is 58.9 Å². The molecule has 30 heavy (non-hydrogen) atoms. The van der Waals surface area contributed by atoms with Crippen molar-refractivity contribution in [3.8, 4) is 0 Å². The van der Waals surface area contributed by atoms with E-state index in [0.717, 1.165) is 5.56 Å². The maximum Gasteiger partial charge on any atom is 0.490 e. The van der Waals surface area contributed by atoms with Gasteiger partial charge in [-0.3, -0.25) is 14.4 Å². The summed E-state index contributed by atoms with van der Waals surface area (Å²) >= 11 is 5.61. The number of nitrogens with one attached hydrogen (secondary N) is 2. The van der Waals surface area contributed by atoms with Crippen LogP contribution in [0, 0.1) is 0 Å². The van der Waals surface area contributed by atoms with E-state index >= 15 is 0 Å². The number of alkyl halides is 4. The molecule has 8 nitrogen and oxygen atoms in total. The van der Waals surface area contributed by atoms with Gasteiger partial charge in [-0.1, -0.05) is 30.3 Å². The van der Waals surface area contributed by atoms with Crippen LogP contribution in [0.5, 0.6) is 0 Å². The van der Waals surface area contributed by atoms with E-state index in [0.29, 0.717) is 6.42 Å². The van der Waals surface area contributed by atoms with Crippen LogP contribution in [0.15, 0.2) is 30.3 Å². The summed E-state index contributed by atoms with van der Waals surface area (Å²) in [7, 11) is 0. The number of rotatable bonds is 8. The van der Waals surface area contributed by atoms with Crippen molar-refractivity contribution in [1.29, 1.82) is 0 Å². The largest absolute Gasteiger partial charge is 0.490 e. The number of benzene rings is 1. The summed E-state index contributed by atoms with van der Waals surface area (Å²) < 4.78 is 31.7. The Balaban J connectivity index is 0.00000103. The quantitative estimate of drug-likeness (QED) is 0.433. The summed E-state index contributed by atoms with van der Waals surface area (Å²) in [6, 6.07) is 7.05. The molecule has 2 amide bonds. The van der Waals surface area contributed by atoms with Gasteiger partial charge in [-0.25, -0.2) is 4.79 Å². The lowest BCUT2D eigenvalue weighted by atomic mass is 10.0. The second-order valence-corrected chi connectivity index (χ2v) is 6.44. The molecule has 1 aromatic carbocycles. The van der Waals surface area contributed by atoms with Crippen molar-refractivity contribution in [2.75, 3.05) is 5.88 Å². The third-order valence-electron chi connectivity index (χ3n) is 3.53. The average molecular weight is 454 g/mol. The second-order valence-electron chi connectivity index (χ2n) is 6.17. The van der Waals surface area contributed by atoms with Crippen molar-refractivity contribution in [3.63, 3.8) is 0 Å². The first-order valence-corrected chi connectivity index (χ1v) is 9.12. The molecule has 0 unspecified atom stereocenters. The molecule has 0 saturated heterocycles. The molecule has 5 N–H and O–H groups in total. The van der Waals surface area contributed by atoms with E-state index < -0.39 is 42.1 Å². The molecule has 12 heteroatoms. The molecule has 1 aromatic rings. The lowest BCUT2D eigenvalue weighted by Crippen LogP contribution is -2.53. The number of hydrogen-bond acceptors (Lipinski definition) is 5. The summed E-state index contributed by atoms with van der Waals surface area (Å²) in [5, 5.41) is 12.2. The molecular weight excluding hydrogens is 431 g/mol. The molecule has 0 spiro atoms. The van der Waals surface area contributed by atoms with Crippen LogP contribution in [-0.2, 0) is 25.6 Å². The summed E-state index contributed by atoms with van der Waals surface area (Å²) in [6.45, 7) is 3.05. The Morgan fingerprint density at radius 3 is 1.97 bits per heavy atom. The molecule has 168 valence electrons. The smallest absolute Gasteiger partial charge is 0.475 e. The van der Waals surface area contributed by atoms with Gasteiger partial charge in [0.25, 0.3) is 0 Å². The minimum absolute atomic E-state index is 0.196. The Bertz CT molecular complexity index is 730. The van der Waals surface area contributed by atoms with Gasteiger partial charge >= 0.3 is 12.1 Å². The van der Waals surface area contributed by atoms with E-state index in [4.69, 9.17) is 27.2 Å². The number of nitrogens with two attached hydrogens (primary N) is 1. The number of carboxylic acids is 1. The van der Waals surface area contributed by atoms with Crippen LogP contribution >= 0.6 is 11.6 Å². The number of Topliss-reactive ketones (excluding diaryl/α,β-unsaturated/α-hetero) is 1. The van der Waals surface area contributed by atoms with Crippen LogP contribution in [0.25, 0.3) is 0 Å². The van der Waals surface area contributed by atoms with E-state index in [9.17, 15) is 27.6 Å². The maximum absolute atomic E-state index is 12.2. The number of carboxylic acid groups (broad SMARTS) is 1. The van der Waals surface area contributed by atoms with Gasteiger partial charge in [0.2, 0.25) is 11.8 Å². The van der Waals surface area contributed by atoms with Crippen molar-refractivity contribution >= 4 is 35.2 Å². The van der Waals surface area contributed by atoms with Gasteiger partial charge < -0.3 is 21.5 Å². The Labute approximate surface area is 175 Å². The van der Waals surface area contributed by atoms with Gasteiger partial charge in [-0.2, -0.15) is 13.2 Å². The Morgan fingerprint density at radius 1 is 1.07 bits per heavy atom. The fraction of sp³-hybridized carbons (Fsp3) is 0.444. The summed E-state index contributed by atoms with van der Waals surface area (Å²) in [5.74, 6) is -4.13. The van der Waals surface area contributed by atoms with Gasteiger partial charge in [0.1, 0.15) is 6.04 Å². The summed E-state index contributed by atoms with van der Waals surface area (Å²) in [6.07, 6.45) is -4.74. The zero-order valence-electron chi connectivity index (χ0n) is 16.2. The zero-order chi connectivity index (χ0) is 23.5. The first-order chi connectivity index (χ1) is 13.8. The van der Waals surface area contributed by atoms with Gasteiger partial charge in [-0.05, 0) is 25.8 Å². The number of ketones is 1. The molecule has 0 aliphatic carbocycles. The van der Waals surface area contributed by atoms with Crippen molar-refractivity contribution < 1.29 is 37.5 Å². The van der Waals surface area contributed by atoms with Crippen molar-refractivity contribution in [2.24, 2.45) is 5.73 Å². The highest BCUT2D eigenvalue weighted by atomic mass is 35.5. The van der Waals surface area contributed by atoms with Gasteiger partial charge in [0.15, 0.2) is 5.78 Å². The highest BCUT2D eigenvalue weighted by Gasteiger charge is 2.38. The van der Waals surface area contributed by atoms with Crippen LogP contribution < -0.4 is 16.4 Å². The molecule has 3 atom stereocenters. The van der Waals surface area contributed by atoms with Crippen LogP contribution in [0.1, 0.15) is 19.4 Å². The number of carbonyl (C=O) groups is 4. The molecule has 0 saturated carbocycles. The van der Waals surface area contributed by atoms with E-state index in [-0.39, 0.29) is 11.7 Å². The molecule has 0 heterocycles. The van der Waals surface area contributed by atoms with Crippen LogP contribution in [0.3, 0.4) is 0 Å². The van der Waals surface area contributed by atoms with E-state index in [1.807, 2.05) is 30.3 Å². The number of carbonyl (C=O) groups excluding carboxylic acids is 3. The molecule has 0 fully saturated rings. The predicted octanol–water partition coefficient (Wildman–Crippen LogP) is 1.01. The standard InChI is InChI=1S/C16H22ClN3O3.C2HF3O2/c1-10(18)15(22)19-11(2)16(23)20-13(14(21)9-17)8-12-6-4-3-5-7-12;3-2(4,5)1(6)7/h3-7,10-11,13H,8-9,18H2,1-2H3,(H,19,22)(H,20,23);(H,6,7)/t10-,11-,13-;/m0./s1. The highest BCUT2D eigenvalue weighted by Crippen LogP contribution is 2.13. The fourth-order valence-corrected chi connectivity index (χ4v) is 2.08. The van der Waals surface area contributed by atoms with Gasteiger partial charge in [0.05, 0.1) is 18.0 Å². The molecule has 0 aliphatic rings. The summed E-state index contributed by atoms with van der Waals surface area (Å²) in [4.78, 5) is 44.5. The van der Waals surface area contributed by atoms with Crippen molar-refractivity contribution in [3.05, 3.63) is 35.9 Å². The highest BCUT2D eigenvalue weighted by molar-refractivity contribution is 6.28. The maximum atomic E-state index is 12.2. The number of aliphatic carboxylic acids is 1. The SMILES string of the molecule is C[C@H](N)C(=O)N[C@@H](C)C(=O)N[C@@H](Cc1ccccc1)C(=O)CCl.O=C(O)C(F)(F)F. The lowest BCUT2D eigenvalue weighted by molar-refractivity contribution is -0.192. The Morgan fingerprint density at radius 2 is 1.57 bits per heavy atom.